The third-order valence-corrected chi connectivity index (χ3v) is 1.91. The highest BCUT2D eigenvalue weighted by Crippen LogP contribution is 2.03. The van der Waals surface area contributed by atoms with Gasteiger partial charge in [-0.15, -0.1) is 0 Å². The molecule has 0 radical (unpaired) electrons. The number of carboxylic acids is 2. The Hall–Kier alpha value is -1.18. The van der Waals surface area contributed by atoms with Crippen molar-refractivity contribution in [1.82, 2.24) is 4.90 Å². The first-order valence-electron chi connectivity index (χ1n) is 5.32. The summed E-state index contributed by atoms with van der Waals surface area (Å²) in [6.45, 7) is 6.18. The van der Waals surface area contributed by atoms with Gasteiger partial charge in [0.15, 0.2) is 0 Å². The fraction of sp³-hybridized carbons (Fsp3) is 0.800. The Morgan fingerprint density at radius 1 is 1.06 bits per heavy atom. The normalized spacial score (nSPS) is 13.5. The Morgan fingerprint density at radius 3 is 1.59 bits per heavy atom. The van der Waals surface area contributed by atoms with Crippen LogP contribution in [0, 0.1) is 0 Å². The van der Waals surface area contributed by atoms with Crippen molar-refractivity contribution in [3.05, 3.63) is 0 Å². The van der Waals surface area contributed by atoms with Gasteiger partial charge in [0.05, 0.1) is 0 Å². The summed E-state index contributed by atoms with van der Waals surface area (Å²) in [7, 11) is 0. The van der Waals surface area contributed by atoms with E-state index in [2.05, 4.69) is 6.92 Å². The number of hydrogen-bond acceptors (Lipinski definition) is 5. The van der Waals surface area contributed by atoms with Crippen LogP contribution in [0.2, 0.25) is 0 Å². The summed E-state index contributed by atoms with van der Waals surface area (Å²) in [5, 5.41) is 33.1. The molecule has 102 valence electrons. The smallest absolute Gasteiger partial charge is 0.414 e. The molecular formula is C10H21NO6. The van der Waals surface area contributed by atoms with Gasteiger partial charge in [-0.05, 0) is 20.3 Å². The molecule has 0 rings (SSSR count). The Morgan fingerprint density at radius 2 is 1.41 bits per heavy atom. The lowest BCUT2D eigenvalue weighted by Crippen LogP contribution is -2.40. The standard InChI is InChI=1S/C8H19NO2.C2H2O4/c1-4-5-6-9(7(2)10)8(3)11;3-1(4)2(5)6/h7-8,10-11H,4-6H2,1-3H3;(H,3,4)(H,5,6). The van der Waals surface area contributed by atoms with Gasteiger partial charge in [0.25, 0.3) is 0 Å². The van der Waals surface area contributed by atoms with E-state index in [0.29, 0.717) is 0 Å². The molecule has 0 amide bonds. The van der Waals surface area contributed by atoms with Crippen LogP contribution in [0.15, 0.2) is 0 Å². The van der Waals surface area contributed by atoms with Crippen molar-refractivity contribution in [2.24, 2.45) is 0 Å². The minimum absolute atomic E-state index is 0.554. The minimum Gasteiger partial charge on any atom is -0.473 e. The number of aliphatic hydroxyl groups is 2. The van der Waals surface area contributed by atoms with Gasteiger partial charge in [0.1, 0.15) is 12.5 Å². The average Bonchev–Trinajstić information content (AvgIpc) is 2.17. The summed E-state index contributed by atoms with van der Waals surface area (Å²) in [5.41, 5.74) is 0. The lowest BCUT2D eigenvalue weighted by Gasteiger charge is -2.27. The maximum atomic E-state index is 9.18. The molecule has 0 aliphatic heterocycles. The minimum atomic E-state index is -1.82. The number of carbonyl (C=O) groups is 2. The molecule has 0 saturated carbocycles. The molecule has 17 heavy (non-hydrogen) atoms. The highest BCUT2D eigenvalue weighted by atomic mass is 16.4. The Labute approximate surface area is 100 Å². The van der Waals surface area contributed by atoms with Crippen molar-refractivity contribution in [3.8, 4) is 0 Å². The van der Waals surface area contributed by atoms with E-state index in [1.54, 1.807) is 18.7 Å². The molecule has 0 bridgehead atoms. The molecule has 2 atom stereocenters. The zero-order valence-electron chi connectivity index (χ0n) is 10.3. The zero-order valence-corrected chi connectivity index (χ0v) is 10.3. The van der Waals surface area contributed by atoms with Crippen molar-refractivity contribution < 1.29 is 30.0 Å². The van der Waals surface area contributed by atoms with E-state index < -0.39 is 24.4 Å². The number of nitrogens with zero attached hydrogens (tertiary/aromatic N) is 1. The highest BCUT2D eigenvalue weighted by Gasteiger charge is 2.14. The van der Waals surface area contributed by atoms with Crippen LogP contribution in [0.5, 0.6) is 0 Å². The predicted molar refractivity (Wildman–Crippen MR) is 60.2 cm³/mol. The molecule has 0 spiro atoms. The number of aliphatic hydroxyl groups excluding tert-OH is 2. The van der Waals surface area contributed by atoms with E-state index >= 15 is 0 Å². The van der Waals surface area contributed by atoms with Crippen LogP contribution >= 0.6 is 0 Å². The average molecular weight is 251 g/mol. The molecule has 7 nitrogen and oxygen atoms in total. The van der Waals surface area contributed by atoms with Crippen molar-refractivity contribution in [2.45, 2.75) is 46.1 Å². The highest BCUT2D eigenvalue weighted by molar-refractivity contribution is 6.27. The van der Waals surface area contributed by atoms with Gasteiger partial charge < -0.3 is 20.4 Å². The van der Waals surface area contributed by atoms with Crippen molar-refractivity contribution in [3.63, 3.8) is 0 Å². The Balaban J connectivity index is 0. The summed E-state index contributed by atoms with van der Waals surface area (Å²) in [4.78, 5) is 19.9. The second kappa shape index (κ2) is 10.0. The van der Waals surface area contributed by atoms with E-state index in [0.717, 1.165) is 19.4 Å². The summed E-state index contributed by atoms with van der Waals surface area (Å²) in [6.07, 6.45) is 0.981. The van der Waals surface area contributed by atoms with Gasteiger partial charge in [0, 0.05) is 6.54 Å². The second-order valence-corrected chi connectivity index (χ2v) is 3.47. The SMILES string of the molecule is CCCCN(C(C)O)C(C)O.O=C(O)C(=O)O. The molecule has 0 aromatic rings. The Bertz CT molecular complexity index is 209. The van der Waals surface area contributed by atoms with Crippen LogP contribution in [0.1, 0.15) is 33.6 Å². The fourth-order valence-corrected chi connectivity index (χ4v) is 1.03. The van der Waals surface area contributed by atoms with E-state index in [4.69, 9.17) is 19.8 Å². The lowest BCUT2D eigenvalue weighted by molar-refractivity contribution is -0.159. The van der Waals surface area contributed by atoms with E-state index in [-0.39, 0.29) is 0 Å². The molecule has 0 aromatic carbocycles. The predicted octanol–water partition coefficient (Wildman–Crippen LogP) is -0.0793. The summed E-state index contributed by atoms with van der Waals surface area (Å²) in [6, 6.07) is 0. The van der Waals surface area contributed by atoms with Crippen LogP contribution in [0.3, 0.4) is 0 Å². The molecule has 0 fully saturated rings. The third-order valence-electron chi connectivity index (χ3n) is 1.91. The fourth-order valence-electron chi connectivity index (χ4n) is 1.03. The van der Waals surface area contributed by atoms with Crippen LogP contribution in [-0.4, -0.2) is 56.3 Å². The largest absolute Gasteiger partial charge is 0.473 e. The number of aliphatic carboxylic acids is 2. The van der Waals surface area contributed by atoms with Gasteiger partial charge in [-0.1, -0.05) is 13.3 Å². The first kappa shape index (κ1) is 18.2. The number of rotatable bonds is 5. The van der Waals surface area contributed by atoms with Gasteiger partial charge in [-0.2, -0.15) is 0 Å². The molecule has 2 unspecified atom stereocenters. The maximum Gasteiger partial charge on any atom is 0.414 e. The van der Waals surface area contributed by atoms with Crippen LogP contribution in [-0.2, 0) is 9.59 Å². The van der Waals surface area contributed by atoms with Crippen LogP contribution in [0.4, 0.5) is 0 Å². The van der Waals surface area contributed by atoms with E-state index in [1.165, 1.54) is 0 Å². The lowest BCUT2D eigenvalue weighted by atomic mass is 10.3. The molecular weight excluding hydrogens is 230 g/mol. The Kier molecular flexibility index (Phi) is 10.7. The maximum absolute atomic E-state index is 9.18. The van der Waals surface area contributed by atoms with E-state index in [1.807, 2.05) is 0 Å². The molecule has 0 aliphatic rings. The van der Waals surface area contributed by atoms with E-state index in [9.17, 15) is 10.2 Å². The molecule has 0 saturated heterocycles. The molecule has 0 aliphatic carbocycles. The van der Waals surface area contributed by atoms with Gasteiger partial charge >= 0.3 is 11.9 Å². The molecule has 4 N–H and O–H groups in total. The summed E-state index contributed by atoms with van der Waals surface area (Å²) >= 11 is 0. The first-order valence-corrected chi connectivity index (χ1v) is 5.32. The second-order valence-electron chi connectivity index (χ2n) is 3.47. The zero-order chi connectivity index (χ0) is 14.0. The van der Waals surface area contributed by atoms with Gasteiger partial charge in [0.2, 0.25) is 0 Å². The van der Waals surface area contributed by atoms with Gasteiger partial charge in [-0.3, -0.25) is 4.90 Å². The van der Waals surface area contributed by atoms with Crippen molar-refractivity contribution >= 4 is 11.9 Å². The molecule has 7 heteroatoms. The number of unbranched alkanes of at least 4 members (excludes halogenated alkanes) is 1. The van der Waals surface area contributed by atoms with Crippen molar-refractivity contribution in [1.29, 1.82) is 0 Å². The van der Waals surface area contributed by atoms with Crippen molar-refractivity contribution in [2.75, 3.05) is 6.54 Å². The topological polar surface area (TPSA) is 118 Å². The third kappa shape index (κ3) is 11.1. The summed E-state index contributed by atoms with van der Waals surface area (Å²) < 4.78 is 0. The first-order chi connectivity index (χ1) is 7.73. The molecule has 0 aromatic heterocycles. The number of carboxylic acid groups (broad SMARTS) is 2. The summed E-state index contributed by atoms with van der Waals surface area (Å²) in [5.74, 6) is -3.65. The quantitative estimate of drug-likeness (QED) is 0.398. The number of hydrogen-bond donors (Lipinski definition) is 4. The van der Waals surface area contributed by atoms with Crippen LogP contribution in [0.25, 0.3) is 0 Å². The van der Waals surface area contributed by atoms with Crippen LogP contribution < -0.4 is 0 Å². The monoisotopic (exact) mass is 251 g/mol. The van der Waals surface area contributed by atoms with Gasteiger partial charge in [-0.25, -0.2) is 9.59 Å². The molecule has 0 heterocycles.